The van der Waals surface area contributed by atoms with Crippen LogP contribution in [0, 0.1) is 6.92 Å². The molecule has 2 fully saturated rings. The lowest BCUT2D eigenvalue weighted by atomic mass is 10.1. The molecule has 0 spiro atoms. The summed E-state index contributed by atoms with van der Waals surface area (Å²) in [5.74, 6) is -0.261. The van der Waals surface area contributed by atoms with E-state index in [1.807, 2.05) is 17.8 Å². The summed E-state index contributed by atoms with van der Waals surface area (Å²) in [5.41, 5.74) is 0.424. The van der Waals surface area contributed by atoms with Gasteiger partial charge in [-0.25, -0.2) is 9.78 Å². The first-order valence-corrected chi connectivity index (χ1v) is 11.8. The Kier molecular flexibility index (Phi) is 7.63. The molecule has 2 aliphatic rings. The van der Waals surface area contributed by atoms with E-state index in [1.165, 1.54) is 0 Å². The molecule has 0 unspecified atom stereocenters. The third-order valence-electron chi connectivity index (χ3n) is 6.27. The van der Waals surface area contributed by atoms with Crippen molar-refractivity contribution in [3.63, 3.8) is 0 Å². The molecule has 1 amide bonds. The van der Waals surface area contributed by atoms with E-state index in [9.17, 15) is 18.0 Å². The summed E-state index contributed by atoms with van der Waals surface area (Å²) in [4.78, 5) is 23.5. The van der Waals surface area contributed by atoms with Gasteiger partial charge in [-0.3, -0.25) is 4.68 Å². The van der Waals surface area contributed by atoms with Gasteiger partial charge in [0.05, 0.1) is 24.0 Å². The molecule has 10 nitrogen and oxygen atoms in total. The normalized spacial score (nSPS) is 18.0. The van der Waals surface area contributed by atoms with Crippen LogP contribution in [0.3, 0.4) is 0 Å². The number of alkyl halides is 3. The molecule has 13 heteroatoms. The summed E-state index contributed by atoms with van der Waals surface area (Å²) >= 11 is 0. The zero-order chi connectivity index (χ0) is 25.0. The van der Waals surface area contributed by atoms with Crippen LogP contribution in [0.25, 0.3) is 0 Å². The molecule has 2 saturated heterocycles. The van der Waals surface area contributed by atoms with Crippen molar-refractivity contribution < 1.29 is 22.7 Å². The number of carbonyl (C=O) groups is 1. The van der Waals surface area contributed by atoms with Crippen LogP contribution < -0.4 is 10.6 Å². The monoisotopic (exact) mass is 496 g/mol. The van der Waals surface area contributed by atoms with Crippen LogP contribution >= 0.6 is 0 Å². The molecule has 2 aromatic heterocycles. The quantitative estimate of drug-likeness (QED) is 0.535. The Bertz CT molecular complexity index is 1020. The summed E-state index contributed by atoms with van der Waals surface area (Å²) in [5, 5.41) is 10.4. The lowest BCUT2D eigenvalue weighted by molar-refractivity contribution is -0.137. The van der Waals surface area contributed by atoms with Gasteiger partial charge in [0.2, 0.25) is 5.95 Å². The van der Waals surface area contributed by atoms with Crippen molar-refractivity contribution in [2.24, 2.45) is 0 Å². The largest absolute Gasteiger partial charge is 0.449 e. The van der Waals surface area contributed by atoms with Gasteiger partial charge in [0.1, 0.15) is 11.4 Å². The molecule has 0 aliphatic carbocycles. The van der Waals surface area contributed by atoms with Gasteiger partial charge in [-0.2, -0.15) is 23.3 Å². The fraction of sp³-hybridized carbons (Fsp3) is 0.636. The smallest absolute Gasteiger partial charge is 0.421 e. The van der Waals surface area contributed by atoms with Gasteiger partial charge in [0.15, 0.2) is 0 Å². The second-order valence-corrected chi connectivity index (χ2v) is 8.96. The Morgan fingerprint density at radius 1 is 1.23 bits per heavy atom. The molecular formula is C22H31F3N8O2. The highest BCUT2D eigenvalue weighted by molar-refractivity contribution is 5.68. The zero-order valence-electron chi connectivity index (χ0n) is 19.9. The minimum Gasteiger partial charge on any atom is -0.449 e. The number of ether oxygens (including phenoxy) is 1. The van der Waals surface area contributed by atoms with Crippen LogP contribution in [0.1, 0.15) is 43.0 Å². The van der Waals surface area contributed by atoms with Gasteiger partial charge >= 0.3 is 12.3 Å². The van der Waals surface area contributed by atoms with Gasteiger partial charge in [0.25, 0.3) is 0 Å². The fourth-order valence-electron chi connectivity index (χ4n) is 4.23. The van der Waals surface area contributed by atoms with Crippen LogP contribution in [0.15, 0.2) is 12.4 Å². The molecule has 2 aromatic rings. The number of aryl methyl sites for hydroxylation is 1. The first-order valence-electron chi connectivity index (χ1n) is 11.8. The highest BCUT2D eigenvalue weighted by Gasteiger charge is 2.35. The van der Waals surface area contributed by atoms with Crippen LogP contribution in [0.4, 0.5) is 35.4 Å². The number of anilines is 3. The molecule has 192 valence electrons. The van der Waals surface area contributed by atoms with Crippen LogP contribution in [-0.4, -0.2) is 82.0 Å². The summed E-state index contributed by atoms with van der Waals surface area (Å²) in [6.07, 6.45) is 0.791. The van der Waals surface area contributed by atoms with Gasteiger partial charge in [0, 0.05) is 32.0 Å². The second-order valence-electron chi connectivity index (χ2n) is 8.96. The van der Waals surface area contributed by atoms with Gasteiger partial charge < -0.3 is 25.2 Å². The Labute approximate surface area is 201 Å². The summed E-state index contributed by atoms with van der Waals surface area (Å²) < 4.78 is 47.5. The maximum Gasteiger partial charge on any atom is 0.421 e. The second kappa shape index (κ2) is 10.7. The number of nitrogens with zero attached hydrogens (tertiary/aromatic N) is 6. The Balaban J connectivity index is 1.42. The van der Waals surface area contributed by atoms with Crippen LogP contribution in [0.5, 0.6) is 0 Å². The molecule has 0 bridgehead atoms. The number of hydrogen-bond acceptors (Lipinski definition) is 8. The van der Waals surface area contributed by atoms with Gasteiger partial charge in [-0.1, -0.05) is 0 Å². The molecule has 35 heavy (non-hydrogen) atoms. The third kappa shape index (κ3) is 6.32. The Hall–Kier alpha value is -3.09. The number of hydrogen-bond donors (Lipinski definition) is 2. The average Bonchev–Trinajstić information content (AvgIpc) is 3.17. The van der Waals surface area contributed by atoms with E-state index in [0.717, 1.165) is 44.2 Å². The predicted octanol–water partition coefficient (Wildman–Crippen LogP) is 3.65. The van der Waals surface area contributed by atoms with E-state index in [0.29, 0.717) is 31.8 Å². The Morgan fingerprint density at radius 2 is 2.00 bits per heavy atom. The predicted molar refractivity (Wildman–Crippen MR) is 124 cm³/mol. The zero-order valence-corrected chi connectivity index (χ0v) is 19.9. The van der Waals surface area contributed by atoms with E-state index < -0.39 is 17.8 Å². The first-order chi connectivity index (χ1) is 16.7. The molecule has 4 heterocycles. The van der Waals surface area contributed by atoms with Crippen molar-refractivity contribution in [1.82, 2.24) is 29.5 Å². The molecule has 0 aromatic carbocycles. The SMILES string of the molecule is Cc1nn(C2CCN(C)CC2)cc1Nc1ncc(C(F)(F)F)c(NCCCN2CCCOC2=O)n1. The van der Waals surface area contributed by atoms with Crippen LogP contribution in [-0.2, 0) is 10.9 Å². The Morgan fingerprint density at radius 3 is 2.71 bits per heavy atom. The minimum absolute atomic E-state index is 0.0473. The van der Waals surface area contributed by atoms with Crippen molar-refractivity contribution in [2.45, 2.75) is 44.8 Å². The molecule has 0 saturated carbocycles. The van der Waals surface area contributed by atoms with Crippen molar-refractivity contribution >= 4 is 23.5 Å². The molecular weight excluding hydrogens is 465 g/mol. The summed E-state index contributed by atoms with van der Waals surface area (Å²) in [7, 11) is 2.09. The van der Waals surface area contributed by atoms with E-state index in [4.69, 9.17) is 4.74 Å². The standard InChI is InChI=1S/C22H31F3N8O2/c1-15-18(14-33(30-15)16-5-10-31(2)11-6-16)28-20-27-13-17(22(23,24)25)19(29-20)26-7-3-8-32-9-4-12-35-21(32)34/h13-14,16H,3-12H2,1-2H3,(H2,26,27,28,29). The molecule has 2 aliphatic heterocycles. The number of aromatic nitrogens is 4. The number of cyclic esters (lactones) is 1. The summed E-state index contributed by atoms with van der Waals surface area (Å²) in [6, 6.07) is 0.281. The number of carbonyl (C=O) groups excluding carboxylic acids is 1. The number of nitrogens with one attached hydrogen (secondary N) is 2. The molecule has 2 N–H and O–H groups in total. The highest BCUT2D eigenvalue weighted by Crippen LogP contribution is 2.34. The molecule has 4 rings (SSSR count). The van der Waals surface area contributed by atoms with Gasteiger partial charge in [-0.05, 0) is 52.7 Å². The first kappa shape index (κ1) is 25.0. The average molecular weight is 497 g/mol. The molecule has 0 atom stereocenters. The van der Waals surface area contributed by atoms with Crippen molar-refractivity contribution in [3.8, 4) is 0 Å². The number of likely N-dealkylation sites (tertiary alicyclic amines) is 1. The van der Waals surface area contributed by atoms with E-state index in [1.54, 1.807) is 4.90 Å². The van der Waals surface area contributed by atoms with Crippen molar-refractivity contribution in [3.05, 3.63) is 23.7 Å². The maximum atomic E-state index is 13.5. The van der Waals surface area contributed by atoms with Crippen LogP contribution in [0.2, 0.25) is 0 Å². The summed E-state index contributed by atoms with van der Waals surface area (Å²) in [6.45, 7) is 5.39. The fourth-order valence-corrected chi connectivity index (χ4v) is 4.23. The lowest BCUT2D eigenvalue weighted by Crippen LogP contribution is -2.38. The van der Waals surface area contributed by atoms with Crippen molar-refractivity contribution in [1.29, 1.82) is 0 Å². The highest BCUT2D eigenvalue weighted by atomic mass is 19.4. The third-order valence-corrected chi connectivity index (χ3v) is 6.27. The number of piperidine rings is 1. The van der Waals surface area contributed by atoms with E-state index in [-0.39, 0.29) is 24.4 Å². The minimum atomic E-state index is -4.60. The number of halogens is 3. The van der Waals surface area contributed by atoms with E-state index >= 15 is 0 Å². The maximum absolute atomic E-state index is 13.5. The van der Waals surface area contributed by atoms with Gasteiger partial charge in [-0.15, -0.1) is 0 Å². The number of amides is 1. The topological polar surface area (TPSA) is 100 Å². The number of rotatable bonds is 8. The molecule has 0 radical (unpaired) electrons. The van der Waals surface area contributed by atoms with E-state index in [2.05, 4.69) is 37.6 Å². The lowest BCUT2D eigenvalue weighted by Gasteiger charge is -2.28. The van der Waals surface area contributed by atoms with Crippen molar-refractivity contribution in [2.75, 3.05) is 57.0 Å².